The summed E-state index contributed by atoms with van der Waals surface area (Å²) >= 11 is 0. The molecule has 2 aromatic carbocycles. The number of amides is 1. The quantitative estimate of drug-likeness (QED) is 0.483. The summed E-state index contributed by atoms with van der Waals surface area (Å²) in [4.78, 5) is 16.6. The first-order chi connectivity index (χ1) is 13.8. The molecule has 2 heterocycles. The Hall–Kier alpha value is -3.62. The van der Waals surface area contributed by atoms with Crippen LogP contribution in [0.1, 0.15) is 21.7 Å². The van der Waals surface area contributed by atoms with E-state index in [1.54, 1.807) is 12.1 Å². The van der Waals surface area contributed by atoms with Gasteiger partial charge >= 0.3 is 6.18 Å². The topological polar surface area (TPSA) is 60.1 Å². The van der Waals surface area contributed by atoms with Gasteiger partial charge in [-0.15, -0.1) is 0 Å². The summed E-state index contributed by atoms with van der Waals surface area (Å²) in [6.45, 7) is 0.113. The lowest BCUT2D eigenvalue weighted by Gasteiger charge is -2.10. The summed E-state index contributed by atoms with van der Waals surface area (Å²) in [6, 6.07) is 11.8. The number of alkyl halides is 3. The fourth-order valence-corrected chi connectivity index (χ4v) is 2.93. The highest BCUT2D eigenvalue weighted by molar-refractivity contribution is 6.04. The van der Waals surface area contributed by atoms with Crippen molar-refractivity contribution in [2.45, 2.75) is 12.7 Å². The smallest absolute Gasteiger partial charge is 0.416 e. The average Bonchev–Trinajstić information content (AvgIpc) is 3.29. The van der Waals surface area contributed by atoms with Crippen LogP contribution in [0.3, 0.4) is 0 Å². The maximum Gasteiger partial charge on any atom is 0.416 e. The van der Waals surface area contributed by atoms with Crippen LogP contribution in [0.5, 0.6) is 0 Å². The van der Waals surface area contributed by atoms with Gasteiger partial charge in [-0.05, 0) is 42.5 Å². The van der Waals surface area contributed by atoms with E-state index in [0.29, 0.717) is 11.3 Å². The molecule has 0 saturated heterocycles. The molecular formula is C20H13F4N3O2. The van der Waals surface area contributed by atoms with Crippen molar-refractivity contribution in [2.24, 2.45) is 0 Å². The minimum atomic E-state index is -4.53. The minimum absolute atomic E-state index is 0.0241. The molecular weight excluding hydrogens is 390 g/mol. The van der Waals surface area contributed by atoms with E-state index in [1.807, 2.05) is 0 Å². The molecule has 0 fully saturated rings. The van der Waals surface area contributed by atoms with Gasteiger partial charge < -0.3 is 8.98 Å². The van der Waals surface area contributed by atoms with Gasteiger partial charge in [0, 0.05) is 0 Å². The molecule has 9 heteroatoms. The predicted molar refractivity (Wildman–Crippen MR) is 96.9 cm³/mol. The molecule has 148 valence electrons. The number of carbonyl (C=O) groups is 1. The van der Waals surface area contributed by atoms with Crippen molar-refractivity contribution in [1.29, 1.82) is 0 Å². The number of benzene rings is 2. The van der Waals surface area contributed by atoms with Crippen molar-refractivity contribution in [2.75, 3.05) is 5.32 Å². The normalized spacial score (nSPS) is 11.7. The molecule has 0 aliphatic heterocycles. The van der Waals surface area contributed by atoms with E-state index in [1.165, 1.54) is 35.1 Å². The number of halogens is 4. The van der Waals surface area contributed by atoms with Gasteiger partial charge in [-0.2, -0.15) is 13.2 Å². The van der Waals surface area contributed by atoms with Crippen LogP contribution in [0, 0.1) is 5.82 Å². The van der Waals surface area contributed by atoms with Crippen LogP contribution < -0.4 is 5.32 Å². The Bertz CT molecular complexity index is 1180. The Labute approximate surface area is 161 Å². The predicted octanol–water partition coefficient (Wildman–Crippen LogP) is 5.09. The monoisotopic (exact) mass is 403 g/mol. The Balaban J connectivity index is 1.78. The third-order valence-electron chi connectivity index (χ3n) is 4.31. The number of anilines is 1. The molecule has 0 aliphatic rings. The first-order valence-corrected chi connectivity index (χ1v) is 8.48. The Kier molecular flexibility index (Phi) is 4.57. The first kappa shape index (κ1) is 18.7. The number of hydrogen-bond acceptors (Lipinski definition) is 3. The van der Waals surface area contributed by atoms with Crippen LogP contribution in [0.15, 0.2) is 65.3 Å². The lowest BCUT2D eigenvalue weighted by atomic mass is 10.2. The standard InChI is InChI=1S/C20H13F4N3O2/c21-15-6-2-1-5-14(15)18(28)26-19-25-16-10-12(20(22,23)24)7-8-17(16)27(19)11-13-4-3-9-29-13/h1-10H,11H2,(H,25,26,28). The zero-order chi connectivity index (χ0) is 20.6. The number of rotatable bonds is 4. The van der Waals surface area contributed by atoms with E-state index in [2.05, 4.69) is 10.3 Å². The fraction of sp³-hybridized carbons (Fsp3) is 0.100. The Morgan fingerprint density at radius 1 is 1.10 bits per heavy atom. The van der Waals surface area contributed by atoms with Crippen molar-refractivity contribution in [3.63, 3.8) is 0 Å². The van der Waals surface area contributed by atoms with E-state index in [-0.39, 0.29) is 23.6 Å². The minimum Gasteiger partial charge on any atom is -0.467 e. The second-order valence-electron chi connectivity index (χ2n) is 6.24. The van der Waals surface area contributed by atoms with Crippen LogP contribution in [-0.2, 0) is 12.7 Å². The number of nitrogens with one attached hydrogen (secondary N) is 1. The van der Waals surface area contributed by atoms with E-state index in [0.717, 1.165) is 18.2 Å². The van der Waals surface area contributed by atoms with E-state index < -0.39 is 23.5 Å². The maximum absolute atomic E-state index is 13.9. The van der Waals surface area contributed by atoms with Gasteiger partial charge in [0.1, 0.15) is 11.6 Å². The highest BCUT2D eigenvalue weighted by Gasteiger charge is 2.31. The maximum atomic E-state index is 13.9. The largest absolute Gasteiger partial charge is 0.467 e. The SMILES string of the molecule is O=C(Nc1nc2cc(C(F)(F)F)ccc2n1Cc1ccco1)c1ccccc1F. The molecule has 0 aliphatic carbocycles. The molecule has 0 atom stereocenters. The number of carbonyl (C=O) groups excluding carboxylic acids is 1. The van der Waals surface area contributed by atoms with E-state index in [9.17, 15) is 22.4 Å². The van der Waals surface area contributed by atoms with Crippen LogP contribution >= 0.6 is 0 Å². The van der Waals surface area contributed by atoms with Gasteiger partial charge in [0.2, 0.25) is 5.95 Å². The van der Waals surface area contributed by atoms with E-state index in [4.69, 9.17) is 4.42 Å². The van der Waals surface area contributed by atoms with Crippen LogP contribution in [-0.4, -0.2) is 15.5 Å². The molecule has 0 radical (unpaired) electrons. The molecule has 0 saturated carbocycles. The van der Waals surface area contributed by atoms with Crippen LogP contribution in [0.2, 0.25) is 0 Å². The number of nitrogens with zero attached hydrogens (tertiary/aromatic N) is 2. The van der Waals surface area contributed by atoms with Crippen LogP contribution in [0.4, 0.5) is 23.5 Å². The summed E-state index contributed by atoms with van der Waals surface area (Å²) < 4.78 is 59.8. The number of hydrogen-bond donors (Lipinski definition) is 1. The van der Waals surface area contributed by atoms with E-state index >= 15 is 0 Å². The molecule has 5 nitrogen and oxygen atoms in total. The summed E-state index contributed by atoms with van der Waals surface area (Å²) in [7, 11) is 0. The molecule has 4 aromatic rings. The average molecular weight is 403 g/mol. The highest BCUT2D eigenvalue weighted by atomic mass is 19.4. The molecule has 0 bridgehead atoms. The van der Waals surface area contributed by atoms with Gasteiger partial charge in [0.05, 0.1) is 35.0 Å². The van der Waals surface area contributed by atoms with Crippen molar-refractivity contribution in [1.82, 2.24) is 9.55 Å². The van der Waals surface area contributed by atoms with Gasteiger partial charge in [-0.25, -0.2) is 9.37 Å². The first-order valence-electron chi connectivity index (χ1n) is 8.48. The number of fused-ring (bicyclic) bond motifs is 1. The summed E-state index contributed by atoms with van der Waals surface area (Å²) in [6.07, 6.45) is -3.08. The molecule has 29 heavy (non-hydrogen) atoms. The second-order valence-corrected chi connectivity index (χ2v) is 6.24. The van der Waals surface area contributed by atoms with Crippen molar-refractivity contribution in [3.05, 3.63) is 83.6 Å². The third kappa shape index (κ3) is 3.71. The summed E-state index contributed by atoms with van der Waals surface area (Å²) in [5.74, 6) is -1.01. The molecule has 0 spiro atoms. The molecule has 1 N–H and O–H groups in total. The molecule has 0 unspecified atom stereocenters. The van der Waals surface area contributed by atoms with Crippen molar-refractivity contribution in [3.8, 4) is 0 Å². The zero-order valence-electron chi connectivity index (χ0n) is 14.7. The van der Waals surface area contributed by atoms with Gasteiger partial charge in [-0.1, -0.05) is 12.1 Å². The molecule has 4 rings (SSSR count). The Morgan fingerprint density at radius 3 is 2.59 bits per heavy atom. The lowest BCUT2D eigenvalue weighted by Crippen LogP contribution is -2.17. The summed E-state index contributed by atoms with van der Waals surface area (Å²) in [5.41, 5.74) is -0.673. The van der Waals surface area contributed by atoms with Gasteiger partial charge in [0.15, 0.2) is 0 Å². The van der Waals surface area contributed by atoms with Crippen molar-refractivity contribution < 1.29 is 26.8 Å². The Morgan fingerprint density at radius 2 is 1.90 bits per heavy atom. The number of imidazole rings is 1. The van der Waals surface area contributed by atoms with Gasteiger partial charge in [0.25, 0.3) is 5.91 Å². The molecule has 1 amide bonds. The summed E-state index contributed by atoms with van der Waals surface area (Å²) in [5, 5.41) is 2.48. The van der Waals surface area contributed by atoms with Crippen molar-refractivity contribution >= 4 is 22.9 Å². The van der Waals surface area contributed by atoms with Crippen LogP contribution in [0.25, 0.3) is 11.0 Å². The zero-order valence-corrected chi connectivity index (χ0v) is 14.7. The fourth-order valence-electron chi connectivity index (χ4n) is 2.93. The number of furan rings is 1. The lowest BCUT2D eigenvalue weighted by molar-refractivity contribution is -0.137. The van der Waals surface area contributed by atoms with Gasteiger partial charge in [-0.3, -0.25) is 10.1 Å². The third-order valence-corrected chi connectivity index (χ3v) is 4.31. The molecule has 2 aromatic heterocycles. The number of aromatic nitrogens is 2. The second kappa shape index (κ2) is 7.08. The highest BCUT2D eigenvalue weighted by Crippen LogP contribution is 2.32.